The fourth-order valence-corrected chi connectivity index (χ4v) is 8.14. The van der Waals surface area contributed by atoms with E-state index in [2.05, 4.69) is 97.9 Å². The molecule has 4 aliphatic rings. The van der Waals surface area contributed by atoms with Gasteiger partial charge < -0.3 is 0 Å². The topological polar surface area (TPSA) is 0 Å². The second-order valence-electron chi connectivity index (χ2n) is 9.75. The molecule has 4 aromatic rings. The van der Waals surface area contributed by atoms with Crippen LogP contribution in [0.5, 0.6) is 0 Å². The number of hydrogen-bond acceptors (Lipinski definition) is 0. The van der Waals surface area contributed by atoms with Crippen LogP contribution in [-0.4, -0.2) is 0 Å². The molecule has 0 aliphatic heterocycles. The third kappa shape index (κ3) is 1.45. The van der Waals surface area contributed by atoms with Crippen LogP contribution in [0.15, 0.2) is 91.0 Å². The number of rotatable bonds is 0. The molecule has 0 heterocycles. The van der Waals surface area contributed by atoms with E-state index in [4.69, 9.17) is 0 Å². The van der Waals surface area contributed by atoms with E-state index in [0.29, 0.717) is 23.7 Å². The Hall–Kier alpha value is -3.12. The molecule has 5 unspecified atom stereocenters. The molecule has 0 saturated carbocycles. The van der Waals surface area contributed by atoms with Crippen molar-refractivity contribution in [2.45, 2.75) is 30.6 Å². The third-order valence-corrected chi connectivity index (χ3v) is 8.72. The lowest BCUT2D eigenvalue weighted by Crippen LogP contribution is -2.30. The Morgan fingerprint density at radius 3 is 1.17 bits per heavy atom. The third-order valence-electron chi connectivity index (χ3n) is 8.72. The molecule has 1 spiro atoms. The van der Waals surface area contributed by atoms with Crippen molar-refractivity contribution < 1.29 is 0 Å². The van der Waals surface area contributed by atoms with Gasteiger partial charge >= 0.3 is 0 Å². The van der Waals surface area contributed by atoms with Gasteiger partial charge in [-0.25, -0.2) is 0 Å². The molecule has 0 fully saturated rings. The number of benzene rings is 4. The number of hydrogen-bond donors (Lipinski definition) is 0. The predicted molar refractivity (Wildman–Crippen MR) is 120 cm³/mol. The minimum atomic E-state index is 0.174. The zero-order valence-corrected chi connectivity index (χ0v) is 17.0. The summed E-state index contributed by atoms with van der Waals surface area (Å²) >= 11 is 0. The maximum atomic E-state index is 2.49. The first kappa shape index (κ1) is 15.7. The van der Waals surface area contributed by atoms with Crippen LogP contribution in [0.4, 0.5) is 0 Å². The second-order valence-corrected chi connectivity index (χ2v) is 9.75. The summed E-state index contributed by atoms with van der Waals surface area (Å²) in [5.74, 6) is 1.91. The molecule has 0 N–H and O–H groups in total. The molecule has 142 valence electrons. The highest BCUT2D eigenvalue weighted by Crippen LogP contribution is 2.83. The van der Waals surface area contributed by atoms with Gasteiger partial charge in [0.15, 0.2) is 0 Å². The van der Waals surface area contributed by atoms with Gasteiger partial charge in [-0.3, -0.25) is 0 Å². The average molecular weight is 383 g/mol. The zero-order valence-electron chi connectivity index (χ0n) is 17.0. The molecule has 4 aromatic carbocycles. The highest BCUT2D eigenvalue weighted by molar-refractivity contribution is 5.74. The molecule has 0 nitrogen and oxygen atoms in total. The maximum Gasteiger partial charge on any atom is 0.0179 e. The summed E-state index contributed by atoms with van der Waals surface area (Å²) in [6.45, 7) is 2.25. The summed E-state index contributed by atoms with van der Waals surface area (Å²) in [5.41, 5.74) is 14.1. The molecular weight excluding hydrogens is 360 g/mol. The van der Waals surface area contributed by atoms with Crippen molar-refractivity contribution in [3.63, 3.8) is 0 Å². The Labute approximate surface area is 177 Å². The molecule has 0 bridgehead atoms. The standard InChI is InChI=1S/C30H22/c1-17-14-15-24-25(16-17)29-23-13-7-6-12-22(23)27-19-9-3-2-8-18(19)26-20-10-4-5-11-21(20)28(24)30(26,27)29/h2-16,26-29H,1H3. The van der Waals surface area contributed by atoms with E-state index in [1.807, 2.05) is 0 Å². The van der Waals surface area contributed by atoms with E-state index < -0.39 is 0 Å². The first-order valence-corrected chi connectivity index (χ1v) is 11.2. The molecule has 4 aliphatic carbocycles. The molecule has 8 rings (SSSR count). The Morgan fingerprint density at radius 1 is 0.433 bits per heavy atom. The van der Waals surface area contributed by atoms with Gasteiger partial charge in [0, 0.05) is 29.1 Å². The first-order valence-electron chi connectivity index (χ1n) is 11.2. The van der Waals surface area contributed by atoms with E-state index >= 15 is 0 Å². The van der Waals surface area contributed by atoms with Crippen LogP contribution in [0, 0.1) is 12.3 Å². The van der Waals surface area contributed by atoms with Gasteiger partial charge in [0.25, 0.3) is 0 Å². The van der Waals surface area contributed by atoms with Gasteiger partial charge in [-0.15, -0.1) is 0 Å². The second kappa shape index (κ2) is 4.95. The summed E-state index contributed by atoms with van der Waals surface area (Å²) in [4.78, 5) is 0. The smallest absolute Gasteiger partial charge is 0.0179 e. The van der Waals surface area contributed by atoms with E-state index in [1.54, 1.807) is 44.5 Å². The van der Waals surface area contributed by atoms with Crippen molar-refractivity contribution in [3.05, 3.63) is 141 Å². The minimum Gasteiger partial charge on any atom is -0.0620 e. The van der Waals surface area contributed by atoms with E-state index in [9.17, 15) is 0 Å². The Bertz CT molecular complexity index is 1360. The Balaban J connectivity index is 1.59. The van der Waals surface area contributed by atoms with Crippen LogP contribution >= 0.6 is 0 Å². The summed E-state index contributed by atoms with van der Waals surface area (Å²) in [7, 11) is 0. The predicted octanol–water partition coefficient (Wildman–Crippen LogP) is 6.86. The van der Waals surface area contributed by atoms with Crippen LogP contribution in [0.1, 0.15) is 73.7 Å². The van der Waals surface area contributed by atoms with Crippen molar-refractivity contribution >= 4 is 0 Å². The van der Waals surface area contributed by atoms with Crippen molar-refractivity contribution in [1.82, 2.24) is 0 Å². The molecule has 30 heavy (non-hydrogen) atoms. The molecule has 0 saturated heterocycles. The van der Waals surface area contributed by atoms with Crippen molar-refractivity contribution in [3.8, 4) is 0 Å². The lowest BCUT2D eigenvalue weighted by atomic mass is 9.64. The normalized spacial score (nSPS) is 30.3. The Kier molecular flexibility index (Phi) is 2.59. The van der Waals surface area contributed by atoms with Gasteiger partial charge in [-0.05, 0) is 51.4 Å². The van der Waals surface area contributed by atoms with Crippen molar-refractivity contribution in [2.75, 3.05) is 0 Å². The highest BCUT2D eigenvalue weighted by atomic mass is 14.7. The summed E-state index contributed by atoms with van der Waals surface area (Å²) < 4.78 is 0. The highest BCUT2D eigenvalue weighted by Gasteiger charge is 2.72. The number of fused-ring (bicyclic) bond motifs is 12. The maximum absolute atomic E-state index is 2.49. The van der Waals surface area contributed by atoms with E-state index in [0.717, 1.165) is 0 Å². The minimum absolute atomic E-state index is 0.174. The number of aryl methyl sites for hydroxylation is 1. The average Bonchev–Trinajstić information content (AvgIpc) is 3.41. The molecule has 0 heteroatoms. The molecule has 0 aromatic heterocycles. The molecular formula is C30H22. The van der Waals surface area contributed by atoms with Crippen LogP contribution in [0.3, 0.4) is 0 Å². The Morgan fingerprint density at radius 2 is 0.767 bits per heavy atom. The van der Waals surface area contributed by atoms with Crippen LogP contribution in [0.25, 0.3) is 0 Å². The van der Waals surface area contributed by atoms with Gasteiger partial charge in [0.1, 0.15) is 0 Å². The van der Waals surface area contributed by atoms with Crippen LogP contribution in [-0.2, 0) is 0 Å². The quantitative estimate of drug-likeness (QED) is 0.311. The van der Waals surface area contributed by atoms with Gasteiger partial charge in [0.05, 0.1) is 0 Å². The lowest BCUT2D eigenvalue weighted by Gasteiger charge is -2.37. The summed E-state index contributed by atoms with van der Waals surface area (Å²) in [6, 6.07) is 35.3. The first-order chi connectivity index (χ1) is 14.8. The van der Waals surface area contributed by atoms with E-state index in [-0.39, 0.29) is 5.41 Å². The van der Waals surface area contributed by atoms with Gasteiger partial charge in [-0.2, -0.15) is 0 Å². The fourth-order valence-electron chi connectivity index (χ4n) is 8.14. The van der Waals surface area contributed by atoms with Gasteiger partial charge in [-0.1, -0.05) is 96.6 Å². The zero-order chi connectivity index (χ0) is 19.6. The van der Waals surface area contributed by atoms with E-state index in [1.165, 1.54) is 5.56 Å². The van der Waals surface area contributed by atoms with Crippen molar-refractivity contribution in [1.29, 1.82) is 0 Å². The largest absolute Gasteiger partial charge is 0.0620 e. The monoisotopic (exact) mass is 382 g/mol. The summed E-state index contributed by atoms with van der Waals surface area (Å²) in [6.07, 6.45) is 0. The molecule has 0 amide bonds. The lowest BCUT2D eigenvalue weighted by molar-refractivity contribution is 0.241. The van der Waals surface area contributed by atoms with Gasteiger partial charge in [0.2, 0.25) is 0 Å². The van der Waals surface area contributed by atoms with Crippen LogP contribution in [0.2, 0.25) is 0 Å². The SMILES string of the molecule is Cc1ccc2c(c1)C1c3ccccc3C3c4ccccc4C4c5ccccc5C2C431. The van der Waals surface area contributed by atoms with Crippen LogP contribution < -0.4 is 0 Å². The van der Waals surface area contributed by atoms with Crippen molar-refractivity contribution in [2.24, 2.45) is 5.41 Å². The molecule has 5 atom stereocenters. The summed E-state index contributed by atoms with van der Waals surface area (Å²) in [5, 5.41) is 0. The molecule has 0 radical (unpaired) electrons. The fraction of sp³-hybridized carbons (Fsp3) is 0.200.